The normalized spacial score (nSPS) is 30.4. The van der Waals surface area contributed by atoms with Crippen LogP contribution in [0, 0.1) is 26.4 Å². The topological polar surface area (TPSA) is 89.3 Å². The lowest BCUT2D eigenvalue weighted by atomic mass is 9.64. The quantitative estimate of drug-likeness (QED) is 0.617. The molecular weight excluding hydrogens is 376 g/mol. The molecule has 2 atom stereocenters. The number of nitrogens with zero attached hydrogens (tertiary/aromatic N) is 1. The average Bonchev–Trinajstić information content (AvgIpc) is 2.79. The Labute approximate surface area is 148 Å². The van der Waals surface area contributed by atoms with Gasteiger partial charge < -0.3 is 5.32 Å². The molecule has 0 aliphatic heterocycles. The third-order valence-corrected chi connectivity index (χ3v) is 7.24. The second-order valence-electron chi connectivity index (χ2n) is 7.51. The highest BCUT2D eigenvalue weighted by Gasteiger charge is 2.72. The molecule has 128 valence electrons. The second-order valence-corrected chi connectivity index (χ2v) is 8.37. The first-order chi connectivity index (χ1) is 11.0. The van der Waals surface area contributed by atoms with Crippen molar-refractivity contribution in [1.29, 1.82) is 0 Å². The number of hydrogen-bond donors (Lipinski definition) is 1. The maximum Gasteiger partial charge on any atom is 0.271 e. The molecule has 1 aromatic carbocycles. The van der Waals surface area contributed by atoms with E-state index in [0.29, 0.717) is 23.0 Å². The molecule has 6 nitrogen and oxygen atoms in total. The lowest BCUT2D eigenvalue weighted by molar-refractivity contribution is -0.384. The number of ketones is 1. The number of fused-ring (bicyclic) bond motifs is 2. The summed E-state index contributed by atoms with van der Waals surface area (Å²) in [5.74, 6) is -0.102. The van der Waals surface area contributed by atoms with E-state index < -0.39 is 21.2 Å². The summed E-state index contributed by atoms with van der Waals surface area (Å²) in [6.45, 7) is 5.90. The fraction of sp³-hybridized carbons (Fsp3) is 0.529. The first kappa shape index (κ1) is 17.1. The summed E-state index contributed by atoms with van der Waals surface area (Å²) in [5.41, 5.74) is -1.43. The smallest absolute Gasteiger partial charge is 0.271 e. The molecule has 2 bridgehead atoms. The van der Waals surface area contributed by atoms with Crippen LogP contribution in [0.1, 0.15) is 40.0 Å². The molecule has 2 fully saturated rings. The van der Waals surface area contributed by atoms with E-state index in [4.69, 9.17) is 0 Å². The van der Waals surface area contributed by atoms with Crippen LogP contribution in [-0.4, -0.2) is 16.6 Å². The van der Waals surface area contributed by atoms with Crippen LogP contribution < -0.4 is 5.32 Å². The zero-order chi connectivity index (χ0) is 17.9. The molecule has 1 N–H and O–H groups in total. The molecule has 0 aromatic heterocycles. The summed E-state index contributed by atoms with van der Waals surface area (Å²) >= 11 is 3.31. The second kappa shape index (κ2) is 5.12. The van der Waals surface area contributed by atoms with Crippen molar-refractivity contribution in [2.75, 3.05) is 5.32 Å². The first-order valence-corrected chi connectivity index (χ1v) is 8.63. The van der Waals surface area contributed by atoms with Crippen molar-refractivity contribution in [3.05, 3.63) is 32.8 Å². The molecule has 0 radical (unpaired) electrons. The maximum absolute atomic E-state index is 13.1. The molecule has 2 aliphatic carbocycles. The van der Waals surface area contributed by atoms with E-state index in [1.54, 1.807) is 0 Å². The SMILES string of the molecule is CC1(C)[C@]2(C(=O)Nc3cc([N+](=O)[O-])ccc3Br)CC[C@@]1(C)C(=O)C2. The Bertz CT molecular complexity index is 776. The summed E-state index contributed by atoms with van der Waals surface area (Å²) < 4.78 is 0.570. The number of nitrogens with one attached hydrogen (secondary N) is 1. The number of halogens is 1. The van der Waals surface area contributed by atoms with Crippen LogP contribution in [0.25, 0.3) is 0 Å². The van der Waals surface area contributed by atoms with Gasteiger partial charge in [-0.15, -0.1) is 0 Å². The maximum atomic E-state index is 13.1. The molecule has 1 amide bonds. The summed E-state index contributed by atoms with van der Waals surface area (Å²) in [6, 6.07) is 4.24. The molecule has 24 heavy (non-hydrogen) atoms. The Hall–Kier alpha value is -1.76. The average molecular weight is 395 g/mol. The van der Waals surface area contributed by atoms with Crippen molar-refractivity contribution in [2.45, 2.75) is 40.0 Å². The van der Waals surface area contributed by atoms with Crippen LogP contribution in [-0.2, 0) is 9.59 Å². The van der Waals surface area contributed by atoms with Gasteiger partial charge in [0.05, 0.1) is 16.0 Å². The molecule has 1 aromatic rings. The van der Waals surface area contributed by atoms with Gasteiger partial charge in [-0.05, 0) is 40.3 Å². The van der Waals surface area contributed by atoms with Gasteiger partial charge in [-0.3, -0.25) is 19.7 Å². The van der Waals surface area contributed by atoms with Gasteiger partial charge in [0.25, 0.3) is 5.69 Å². The van der Waals surface area contributed by atoms with Gasteiger partial charge in [-0.1, -0.05) is 20.8 Å². The number of carbonyl (C=O) groups is 2. The Balaban J connectivity index is 1.96. The Morgan fingerprint density at radius 2 is 1.96 bits per heavy atom. The highest BCUT2D eigenvalue weighted by molar-refractivity contribution is 9.10. The molecule has 0 heterocycles. The summed E-state index contributed by atoms with van der Waals surface area (Å²) in [7, 11) is 0. The number of rotatable bonds is 3. The van der Waals surface area contributed by atoms with Crippen LogP contribution >= 0.6 is 15.9 Å². The van der Waals surface area contributed by atoms with Crippen molar-refractivity contribution >= 4 is 39.0 Å². The Morgan fingerprint density at radius 1 is 1.29 bits per heavy atom. The third-order valence-electron chi connectivity index (χ3n) is 6.55. The lowest BCUT2D eigenvalue weighted by Gasteiger charge is -2.38. The van der Waals surface area contributed by atoms with E-state index in [9.17, 15) is 19.7 Å². The number of carbonyl (C=O) groups excluding carboxylic acids is 2. The number of amides is 1. The molecule has 0 saturated heterocycles. The first-order valence-electron chi connectivity index (χ1n) is 7.84. The minimum Gasteiger partial charge on any atom is -0.324 e. The van der Waals surface area contributed by atoms with Crippen molar-refractivity contribution in [2.24, 2.45) is 16.2 Å². The summed E-state index contributed by atoms with van der Waals surface area (Å²) in [6.07, 6.45) is 1.58. The van der Waals surface area contributed by atoms with E-state index in [0.717, 1.165) is 0 Å². The Morgan fingerprint density at radius 3 is 2.46 bits per heavy atom. The van der Waals surface area contributed by atoms with Crippen molar-refractivity contribution in [1.82, 2.24) is 0 Å². The summed E-state index contributed by atoms with van der Waals surface area (Å²) in [5, 5.41) is 13.8. The largest absolute Gasteiger partial charge is 0.324 e. The van der Waals surface area contributed by atoms with E-state index in [2.05, 4.69) is 21.2 Å². The molecule has 0 unspecified atom stereocenters. The molecule has 0 spiro atoms. The molecule has 2 saturated carbocycles. The van der Waals surface area contributed by atoms with Crippen LogP contribution in [0.2, 0.25) is 0 Å². The number of anilines is 1. The number of non-ortho nitro benzene ring substituents is 1. The molecule has 7 heteroatoms. The highest BCUT2D eigenvalue weighted by atomic mass is 79.9. The minimum atomic E-state index is -0.761. The molecule has 3 rings (SSSR count). The zero-order valence-electron chi connectivity index (χ0n) is 13.8. The van der Waals surface area contributed by atoms with Gasteiger partial charge in [-0.25, -0.2) is 0 Å². The minimum absolute atomic E-state index is 0.0935. The number of nitro groups is 1. The number of hydrogen-bond acceptors (Lipinski definition) is 4. The van der Waals surface area contributed by atoms with E-state index in [1.807, 2.05) is 20.8 Å². The van der Waals surface area contributed by atoms with Crippen LogP contribution in [0.3, 0.4) is 0 Å². The van der Waals surface area contributed by atoms with E-state index >= 15 is 0 Å². The highest BCUT2D eigenvalue weighted by Crippen LogP contribution is 2.70. The molecule has 2 aliphatic rings. The summed E-state index contributed by atoms with van der Waals surface area (Å²) in [4.78, 5) is 36.0. The number of nitro benzene ring substituents is 1. The van der Waals surface area contributed by atoms with Crippen molar-refractivity contribution in [3.8, 4) is 0 Å². The van der Waals surface area contributed by atoms with Crippen molar-refractivity contribution < 1.29 is 14.5 Å². The number of Topliss-reactive ketones (excluding diaryl/α,β-unsaturated/α-hetero) is 1. The van der Waals surface area contributed by atoms with Crippen molar-refractivity contribution in [3.63, 3.8) is 0 Å². The Kier molecular flexibility index (Phi) is 3.64. The van der Waals surface area contributed by atoms with Gasteiger partial charge in [0.2, 0.25) is 5.91 Å². The van der Waals surface area contributed by atoms with Gasteiger partial charge in [0.15, 0.2) is 0 Å². The zero-order valence-corrected chi connectivity index (χ0v) is 15.4. The predicted molar refractivity (Wildman–Crippen MR) is 92.6 cm³/mol. The monoisotopic (exact) mass is 394 g/mol. The third kappa shape index (κ3) is 2.00. The van der Waals surface area contributed by atoms with Gasteiger partial charge >= 0.3 is 0 Å². The van der Waals surface area contributed by atoms with Crippen LogP contribution in [0.5, 0.6) is 0 Å². The number of benzene rings is 1. The van der Waals surface area contributed by atoms with Gasteiger partial charge in [0.1, 0.15) is 5.78 Å². The van der Waals surface area contributed by atoms with E-state index in [-0.39, 0.29) is 23.8 Å². The fourth-order valence-electron chi connectivity index (χ4n) is 4.33. The fourth-order valence-corrected chi connectivity index (χ4v) is 4.67. The lowest BCUT2D eigenvalue weighted by Crippen LogP contribution is -2.43. The van der Waals surface area contributed by atoms with Gasteiger partial charge in [-0.2, -0.15) is 0 Å². The van der Waals surface area contributed by atoms with Gasteiger partial charge in [0, 0.05) is 28.4 Å². The molecular formula is C17H19BrN2O4. The predicted octanol–water partition coefficient (Wildman–Crippen LogP) is 4.08. The standard InChI is InChI=1S/C17H19BrN2O4/c1-15(2)16(3)6-7-17(15,9-13(16)21)14(22)19-12-8-10(20(23)24)4-5-11(12)18/h4-5,8H,6-7,9H2,1-3H3,(H,19,22)/t16-,17+/m0/s1. The van der Waals surface area contributed by atoms with Crippen LogP contribution in [0.4, 0.5) is 11.4 Å². The van der Waals surface area contributed by atoms with Crippen LogP contribution in [0.15, 0.2) is 22.7 Å². The van der Waals surface area contributed by atoms with E-state index in [1.165, 1.54) is 18.2 Å².